The van der Waals surface area contributed by atoms with Crippen LogP contribution >= 0.6 is 0 Å². The van der Waals surface area contributed by atoms with Crippen molar-refractivity contribution in [2.45, 2.75) is 39.5 Å². The zero-order valence-electron chi connectivity index (χ0n) is 9.84. The van der Waals surface area contributed by atoms with Crippen molar-refractivity contribution in [1.82, 2.24) is 5.32 Å². The van der Waals surface area contributed by atoms with Crippen LogP contribution < -0.4 is 11.1 Å². The standard InChI is InChI=1S/C12H23N3/c1-3-7-11(12(13)14)8-5-6-10-15-9-4-2/h4,8-9,15H,3,5-7,10H2,1-2H3,(H3,13,14). The topological polar surface area (TPSA) is 61.9 Å². The van der Waals surface area contributed by atoms with Gasteiger partial charge in [0.2, 0.25) is 0 Å². The number of unbranched alkanes of at least 4 members (excludes halogenated alkanes) is 1. The SMILES string of the molecule is CC=CNCCCC=C(CCC)C(=N)N. The lowest BCUT2D eigenvalue weighted by Crippen LogP contribution is -2.13. The Morgan fingerprint density at radius 1 is 1.47 bits per heavy atom. The second-order valence-electron chi connectivity index (χ2n) is 3.49. The van der Waals surface area contributed by atoms with Gasteiger partial charge in [-0.25, -0.2) is 0 Å². The summed E-state index contributed by atoms with van der Waals surface area (Å²) < 4.78 is 0. The smallest absolute Gasteiger partial charge is 0.118 e. The molecular weight excluding hydrogens is 186 g/mol. The number of nitrogens with one attached hydrogen (secondary N) is 2. The molecule has 0 aromatic carbocycles. The van der Waals surface area contributed by atoms with E-state index in [2.05, 4.69) is 18.3 Å². The Labute approximate surface area is 92.9 Å². The maximum atomic E-state index is 7.38. The highest BCUT2D eigenvalue weighted by atomic mass is 14.8. The first-order valence-electron chi connectivity index (χ1n) is 5.60. The summed E-state index contributed by atoms with van der Waals surface area (Å²) in [6.45, 7) is 5.06. The van der Waals surface area contributed by atoms with Crippen LogP contribution in [0, 0.1) is 5.41 Å². The largest absolute Gasteiger partial charge is 0.391 e. The van der Waals surface area contributed by atoms with E-state index in [-0.39, 0.29) is 5.84 Å². The van der Waals surface area contributed by atoms with Crippen molar-refractivity contribution in [3.05, 3.63) is 23.9 Å². The first kappa shape index (κ1) is 13.8. The minimum Gasteiger partial charge on any atom is -0.391 e. The number of allylic oxidation sites excluding steroid dienone is 2. The Hall–Kier alpha value is -1.25. The third kappa shape index (κ3) is 7.79. The van der Waals surface area contributed by atoms with Crippen molar-refractivity contribution in [3.63, 3.8) is 0 Å². The van der Waals surface area contributed by atoms with Crippen LogP contribution in [0.1, 0.15) is 39.5 Å². The second-order valence-corrected chi connectivity index (χ2v) is 3.49. The van der Waals surface area contributed by atoms with E-state index in [1.165, 1.54) is 0 Å². The predicted octanol–water partition coefficient (Wildman–Crippen LogP) is 2.55. The molecule has 0 heterocycles. The average Bonchev–Trinajstić information content (AvgIpc) is 2.21. The highest BCUT2D eigenvalue weighted by Gasteiger charge is 1.98. The van der Waals surface area contributed by atoms with Crippen molar-refractivity contribution in [2.75, 3.05) is 6.54 Å². The molecule has 0 aromatic rings. The molecule has 86 valence electrons. The van der Waals surface area contributed by atoms with Crippen LogP contribution in [0.3, 0.4) is 0 Å². The molecule has 0 saturated carbocycles. The maximum absolute atomic E-state index is 7.38. The van der Waals surface area contributed by atoms with Gasteiger partial charge in [-0.3, -0.25) is 5.41 Å². The molecule has 0 spiro atoms. The van der Waals surface area contributed by atoms with Crippen LogP contribution in [0.4, 0.5) is 0 Å². The quantitative estimate of drug-likeness (QED) is 0.327. The molecule has 15 heavy (non-hydrogen) atoms. The highest BCUT2D eigenvalue weighted by Crippen LogP contribution is 2.06. The summed E-state index contributed by atoms with van der Waals surface area (Å²) in [5.74, 6) is 0.221. The summed E-state index contributed by atoms with van der Waals surface area (Å²) in [5.41, 5.74) is 6.46. The van der Waals surface area contributed by atoms with E-state index in [4.69, 9.17) is 11.1 Å². The lowest BCUT2D eigenvalue weighted by Gasteiger charge is -2.03. The molecule has 0 aromatic heterocycles. The maximum Gasteiger partial charge on any atom is 0.118 e. The minimum atomic E-state index is 0.221. The van der Waals surface area contributed by atoms with Crippen LogP contribution in [0.2, 0.25) is 0 Å². The predicted molar refractivity (Wildman–Crippen MR) is 67.0 cm³/mol. The highest BCUT2D eigenvalue weighted by molar-refractivity contribution is 5.94. The van der Waals surface area contributed by atoms with Gasteiger partial charge in [-0.15, -0.1) is 0 Å². The average molecular weight is 209 g/mol. The van der Waals surface area contributed by atoms with Crippen molar-refractivity contribution in [1.29, 1.82) is 5.41 Å². The van der Waals surface area contributed by atoms with Gasteiger partial charge >= 0.3 is 0 Å². The molecule has 0 radical (unpaired) electrons. The molecule has 0 fully saturated rings. The van der Waals surface area contributed by atoms with Crippen LogP contribution in [0.5, 0.6) is 0 Å². The summed E-state index contributed by atoms with van der Waals surface area (Å²) in [6.07, 6.45) is 10.0. The minimum absolute atomic E-state index is 0.221. The summed E-state index contributed by atoms with van der Waals surface area (Å²) in [6, 6.07) is 0. The first-order chi connectivity index (χ1) is 7.22. The molecule has 0 atom stereocenters. The molecule has 0 saturated heterocycles. The molecule has 0 amide bonds. The Kier molecular flexibility index (Phi) is 8.53. The molecule has 0 aliphatic rings. The molecule has 3 heteroatoms. The fourth-order valence-electron chi connectivity index (χ4n) is 1.30. The van der Waals surface area contributed by atoms with Crippen LogP contribution in [-0.2, 0) is 0 Å². The lowest BCUT2D eigenvalue weighted by atomic mass is 10.1. The van der Waals surface area contributed by atoms with Crippen molar-refractivity contribution in [2.24, 2.45) is 5.73 Å². The van der Waals surface area contributed by atoms with Gasteiger partial charge in [-0.05, 0) is 38.0 Å². The van der Waals surface area contributed by atoms with E-state index < -0.39 is 0 Å². The van der Waals surface area contributed by atoms with Gasteiger partial charge in [0.25, 0.3) is 0 Å². The zero-order valence-corrected chi connectivity index (χ0v) is 9.84. The fourth-order valence-corrected chi connectivity index (χ4v) is 1.30. The number of hydrogen-bond donors (Lipinski definition) is 3. The second kappa shape index (κ2) is 9.31. The van der Waals surface area contributed by atoms with Crippen molar-refractivity contribution >= 4 is 5.84 Å². The van der Waals surface area contributed by atoms with E-state index in [1.807, 2.05) is 19.2 Å². The molecule has 4 N–H and O–H groups in total. The summed E-state index contributed by atoms with van der Waals surface area (Å²) in [5, 5.41) is 10.6. The van der Waals surface area contributed by atoms with Crippen molar-refractivity contribution < 1.29 is 0 Å². The van der Waals surface area contributed by atoms with E-state index in [1.54, 1.807) is 0 Å². The monoisotopic (exact) mass is 209 g/mol. The Morgan fingerprint density at radius 2 is 2.20 bits per heavy atom. The van der Waals surface area contributed by atoms with Gasteiger partial charge in [0.15, 0.2) is 0 Å². The summed E-state index contributed by atoms with van der Waals surface area (Å²) in [4.78, 5) is 0. The molecular formula is C12H23N3. The fraction of sp³-hybridized carbons (Fsp3) is 0.583. The molecule has 0 aliphatic heterocycles. The number of rotatable bonds is 8. The Bertz CT molecular complexity index is 229. The third-order valence-corrected chi connectivity index (χ3v) is 2.07. The molecule has 3 nitrogen and oxygen atoms in total. The van der Waals surface area contributed by atoms with E-state index in [0.717, 1.165) is 37.8 Å². The van der Waals surface area contributed by atoms with E-state index in [0.29, 0.717) is 0 Å². The lowest BCUT2D eigenvalue weighted by molar-refractivity contribution is 0.760. The van der Waals surface area contributed by atoms with E-state index in [9.17, 15) is 0 Å². The zero-order chi connectivity index (χ0) is 11.5. The first-order valence-corrected chi connectivity index (χ1v) is 5.60. The molecule has 0 rings (SSSR count). The normalized spacial score (nSPS) is 12.0. The number of hydrogen-bond acceptors (Lipinski definition) is 2. The van der Waals surface area contributed by atoms with Gasteiger partial charge in [0.05, 0.1) is 0 Å². The van der Waals surface area contributed by atoms with Crippen molar-refractivity contribution in [3.8, 4) is 0 Å². The van der Waals surface area contributed by atoms with Gasteiger partial charge in [-0.1, -0.05) is 25.5 Å². The summed E-state index contributed by atoms with van der Waals surface area (Å²) in [7, 11) is 0. The Balaban J connectivity index is 3.75. The van der Waals surface area contributed by atoms with Gasteiger partial charge in [-0.2, -0.15) is 0 Å². The van der Waals surface area contributed by atoms with Crippen LogP contribution in [0.15, 0.2) is 23.9 Å². The summed E-state index contributed by atoms with van der Waals surface area (Å²) >= 11 is 0. The van der Waals surface area contributed by atoms with E-state index >= 15 is 0 Å². The van der Waals surface area contributed by atoms with Crippen LogP contribution in [-0.4, -0.2) is 12.4 Å². The van der Waals surface area contributed by atoms with Crippen LogP contribution in [0.25, 0.3) is 0 Å². The Morgan fingerprint density at radius 3 is 2.73 bits per heavy atom. The van der Waals surface area contributed by atoms with Gasteiger partial charge in [0, 0.05) is 6.54 Å². The van der Waals surface area contributed by atoms with Gasteiger partial charge in [0.1, 0.15) is 5.84 Å². The molecule has 0 aliphatic carbocycles. The molecule has 0 bridgehead atoms. The third-order valence-electron chi connectivity index (χ3n) is 2.07. The number of nitrogens with two attached hydrogens (primary N) is 1. The number of amidine groups is 1. The van der Waals surface area contributed by atoms with Gasteiger partial charge < -0.3 is 11.1 Å². The molecule has 0 unspecified atom stereocenters.